The van der Waals surface area contributed by atoms with Crippen molar-refractivity contribution in [2.75, 3.05) is 18.0 Å². The summed E-state index contributed by atoms with van der Waals surface area (Å²) in [7, 11) is 0. The van der Waals surface area contributed by atoms with Crippen molar-refractivity contribution < 1.29 is 9.59 Å². The number of nitrogens with two attached hydrogens (primary N) is 1. The van der Waals surface area contributed by atoms with Crippen LogP contribution in [0.4, 0.5) is 9.93 Å². The van der Waals surface area contributed by atoms with Gasteiger partial charge in [-0.05, 0) is 6.92 Å². The second-order valence-corrected chi connectivity index (χ2v) is 5.54. The van der Waals surface area contributed by atoms with Crippen molar-refractivity contribution in [2.24, 2.45) is 0 Å². The lowest BCUT2D eigenvalue weighted by Gasteiger charge is -2.03. The van der Waals surface area contributed by atoms with Crippen molar-refractivity contribution >= 4 is 40.2 Å². The molecule has 4 N–H and O–H groups in total. The Kier molecular flexibility index (Phi) is 5.66. The Labute approximate surface area is 113 Å². The van der Waals surface area contributed by atoms with Gasteiger partial charge in [0, 0.05) is 6.54 Å². The highest BCUT2D eigenvalue weighted by atomic mass is 32.2. The number of carbonyl (C=O) groups is 2. The number of nitrogens with zero attached hydrogens (tertiary/aromatic N) is 1. The van der Waals surface area contributed by atoms with E-state index in [4.69, 9.17) is 5.73 Å². The second kappa shape index (κ2) is 7.02. The highest BCUT2D eigenvalue weighted by Crippen LogP contribution is 2.30. The maximum Gasteiger partial charge on any atom is 0.321 e. The molecule has 18 heavy (non-hydrogen) atoms. The first kappa shape index (κ1) is 14.5. The molecular formula is C10H14N4O2S2. The summed E-state index contributed by atoms with van der Waals surface area (Å²) in [5, 5.41) is 5.13. The number of anilines is 1. The van der Waals surface area contributed by atoms with E-state index in [1.54, 1.807) is 0 Å². The molecule has 3 amide bonds. The normalized spacial score (nSPS) is 9.83. The van der Waals surface area contributed by atoms with Crippen LogP contribution < -0.4 is 16.4 Å². The number of aromatic nitrogens is 1. The largest absolute Gasteiger partial charge is 0.375 e. The molecule has 6 nitrogen and oxygen atoms in total. The Morgan fingerprint density at radius 3 is 2.89 bits per heavy atom. The van der Waals surface area contributed by atoms with Crippen LogP contribution in [-0.4, -0.2) is 29.2 Å². The molecule has 1 aromatic rings. The number of thiazole rings is 1. The van der Waals surface area contributed by atoms with E-state index in [9.17, 15) is 9.59 Å². The van der Waals surface area contributed by atoms with E-state index >= 15 is 0 Å². The van der Waals surface area contributed by atoms with E-state index in [1.165, 1.54) is 29.2 Å². The number of imide groups is 1. The smallest absolute Gasteiger partial charge is 0.321 e. The first-order valence-electron chi connectivity index (χ1n) is 5.07. The van der Waals surface area contributed by atoms with Gasteiger partial charge in [-0.1, -0.05) is 17.4 Å². The first-order valence-corrected chi connectivity index (χ1v) is 6.87. The molecule has 0 bridgehead atoms. The minimum absolute atomic E-state index is 0.143. The topological polar surface area (TPSA) is 97.1 Å². The molecule has 1 aromatic heterocycles. The predicted molar refractivity (Wildman–Crippen MR) is 73.7 cm³/mol. The number of carbonyl (C=O) groups excluding carboxylic acids is 2. The molecule has 8 heteroatoms. The first-order chi connectivity index (χ1) is 8.52. The molecule has 0 aromatic carbocycles. The number of amides is 3. The van der Waals surface area contributed by atoms with Crippen LogP contribution in [0.1, 0.15) is 5.69 Å². The van der Waals surface area contributed by atoms with Crippen molar-refractivity contribution in [2.45, 2.75) is 11.1 Å². The van der Waals surface area contributed by atoms with Crippen LogP contribution in [0.5, 0.6) is 0 Å². The minimum atomic E-state index is -0.527. The average Bonchev–Trinajstić information content (AvgIpc) is 2.62. The van der Waals surface area contributed by atoms with Gasteiger partial charge in [-0.3, -0.25) is 10.1 Å². The van der Waals surface area contributed by atoms with E-state index in [2.05, 4.69) is 22.2 Å². The lowest BCUT2D eigenvalue weighted by molar-refractivity contribution is -0.117. The standard InChI is InChI=1S/C10H14N4O2S2/c1-3-4-12-10(16)14-7(15)5-17-8-6(2)13-9(11)18-8/h3H,1,4-5H2,2H3,(H2,11,13)(H2,12,14,15,16). The summed E-state index contributed by atoms with van der Waals surface area (Å²) >= 11 is 2.63. The predicted octanol–water partition coefficient (Wildman–Crippen LogP) is 1.14. The lowest BCUT2D eigenvalue weighted by atomic mass is 10.6. The number of thioether (sulfide) groups is 1. The number of aryl methyl sites for hydroxylation is 1. The quantitative estimate of drug-likeness (QED) is 0.557. The molecule has 0 spiro atoms. The third kappa shape index (κ3) is 4.76. The molecule has 0 saturated carbocycles. The van der Waals surface area contributed by atoms with Gasteiger partial charge in [0.25, 0.3) is 0 Å². The van der Waals surface area contributed by atoms with Crippen LogP contribution >= 0.6 is 23.1 Å². The average molecular weight is 286 g/mol. The van der Waals surface area contributed by atoms with Crippen molar-refractivity contribution in [3.8, 4) is 0 Å². The Morgan fingerprint density at radius 2 is 2.33 bits per heavy atom. The van der Waals surface area contributed by atoms with Crippen LogP contribution in [-0.2, 0) is 4.79 Å². The van der Waals surface area contributed by atoms with Gasteiger partial charge in [-0.2, -0.15) is 0 Å². The minimum Gasteiger partial charge on any atom is -0.375 e. The van der Waals surface area contributed by atoms with Crippen molar-refractivity contribution in [3.63, 3.8) is 0 Å². The molecule has 0 unspecified atom stereocenters. The zero-order valence-electron chi connectivity index (χ0n) is 9.86. The third-order valence-corrected chi connectivity index (χ3v) is 4.11. The van der Waals surface area contributed by atoms with Gasteiger partial charge >= 0.3 is 6.03 Å². The number of hydrogen-bond acceptors (Lipinski definition) is 6. The maximum absolute atomic E-state index is 11.4. The second-order valence-electron chi connectivity index (χ2n) is 3.26. The number of rotatable bonds is 5. The van der Waals surface area contributed by atoms with Gasteiger partial charge in [-0.25, -0.2) is 9.78 Å². The fraction of sp³-hybridized carbons (Fsp3) is 0.300. The number of nitrogens with one attached hydrogen (secondary N) is 2. The zero-order valence-corrected chi connectivity index (χ0v) is 11.5. The van der Waals surface area contributed by atoms with Crippen molar-refractivity contribution in [3.05, 3.63) is 18.3 Å². The van der Waals surface area contributed by atoms with Gasteiger partial charge in [0.1, 0.15) is 0 Å². The van der Waals surface area contributed by atoms with Crippen LogP contribution in [0.2, 0.25) is 0 Å². The summed E-state index contributed by atoms with van der Waals surface area (Å²) in [6.45, 7) is 5.59. The lowest BCUT2D eigenvalue weighted by Crippen LogP contribution is -2.40. The van der Waals surface area contributed by atoms with E-state index in [0.29, 0.717) is 11.7 Å². The summed E-state index contributed by atoms with van der Waals surface area (Å²) in [5.74, 6) is -0.225. The van der Waals surface area contributed by atoms with Crippen LogP contribution in [0.15, 0.2) is 16.9 Å². The van der Waals surface area contributed by atoms with Gasteiger partial charge in [0.2, 0.25) is 5.91 Å². The van der Waals surface area contributed by atoms with Crippen LogP contribution in [0.25, 0.3) is 0 Å². The molecule has 0 fully saturated rings. The number of hydrogen-bond donors (Lipinski definition) is 3. The van der Waals surface area contributed by atoms with Crippen LogP contribution in [0.3, 0.4) is 0 Å². The highest BCUT2D eigenvalue weighted by Gasteiger charge is 2.11. The maximum atomic E-state index is 11.4. The molecule has 0 saturated heterocycles. The molecule has 0 aliphatic rings. The fourth-order valence-corrected chi connectivity index (χ4v) is 2.86. The van der Waals surface area contributed by atoms with Gasteiger partial charge in [-0.15, -0.1) is 18.3 Å². The van der Waals surface area contributed by atoms with E-state index in [0.717, 1.165) is 9.90 Å². The molecule has 98 valence electrons. The molecule has 0 radical (unpaired) electrons. The summed E-state index contributed by atoms with van der Waals surface area (Å²) in [5.41, 5.74) is 6.34. The summed E-state index contributed by atoms with van der Waals surface area (Å²) < 4.78 is 0.883. The molecule has 0 atom stereocenters. The van der Waals surface area contributed by atoms with E-state index in [-0.39, 0.29) is 11.7 Å². The summed E-state index contributed by atoms with van der Waals surface area (Å²) in [4.78, 5) is 26.7. The zero-order chi connectivity index (χ0) is 13.5. The third-order valence-electron chi connectivity index (χ3n) is 1.76. The van der Waals surface area contributed by atoms with Crippen molar-refractivity contribution in [1.29, 1.82) is 0 Å². The van der Waals surface area contributed by atoms with E-state index in [1.807, 2.05) is 6.92 Å². The monoisotopic (exact) mass is 286 g/mol. The van der Waals surface area contributed by atoms with Crippen molar-refractivity contribution in [1.82, 2.24) is 15.6 Å². The SMILES string of the molecule is C=CCNC(=O)NC(=O)CSc1sc(N)nc1C. The molecule has 0 aliphatic heterocycles. The highest BCUT2D eigenvalue weighted by molar-refractivity contribution is 8.01. The molecule has 1 rings (SSSR count). The van der Waals surface area contributed by atoms with Gasteiger partial charge in [0.05, 0.1) is 15.7 Å². The summed E-state index contributed by atoms with van der Waals surface area (Å²) in [6, 6.07) is -0.527. The Hall–Kier alpha value is -1.54. The Bertz CT molecular complexity index is 459. The fourth-order valence-electron chi connectivity index (χ4n) is 1.04. The van der Waals surface area contributed by atoms with Gasteiger partial charge in [0.15, 0.2) is 5.13 Å². The van der Waals surface area contributed by atoms with E-state index < -0.39 is 6.03 Å². The van der Waals surface area contributed by atoms with Gasteiger partial charge < -0.3 is 11.1 Å². The van der Waals surface area contributed by atoms with Crippen LogP contribution in [0, 0.1) is 6.92 Å². The molecular weight excluding hydrogens is 272 g/mol. The molecule has 1 heterocycles. The Balaban J connectivity index is 2.35. The molecule has 0 aliphatic carbocycles. The summed E-state index contributed by atoms with van der Waals surface area (Å²) in [6.07, 6.45) is 1.53. The Morgan fingerprint density at radius 1 is 1.61 bits per heavy atom. The number of nitrogen functional groups attached to an aromatic ring is 1. The number of urea groups is 1.